The van der Waals surface area contributed by atoms with Crippen LogP contribution >= 0.6 is 28.1 Å². The molecule has 0 spiro atoms. The summed E-state index contributed by atoms with van der Waals surface area (Å²) in [6.07, 6.45) is 5.46. The smallest absolute Gasteiger partial charge is 0.210 e. The zero-order chi connectivity index (χ0) is 20.0. The zero-order valence-electron chi connectivity index (χ0n) is 15.2. The number of thiocarbonyl (C=S) groups is 1. The first-order valence-corrected chi connectivity index (χ1v) is 9.77. The van der Waals surface area contributed by atoms with Crippen molar-refractivity contribution in [2.45, 2.75) is 24.8 Å². The van der Waals surface area contributed by atoms with Gasteiger partial charge in [0.1, 0.15) is 11.7 Å². The number of nitrogens with zero attached hydrogens (tertiary/aromatic N) is 3. The molecule has 4 rings (SSSR count). The summed E-state index contributed by atoms with van der Waals surface area (Å²) in [5.74, 6) is 1.91. The Bertz CT molecular complexity index is 1010. The summed E-state index contributed by atoms with van der Waals surface area (Å²) in [6, 6.07) is 3.53. The first-order chi connectivity index (χ1) is 13.5. The number of guanidine groups is 1. The highest BCUT2D eigenvalue weighted by Crippen LogP contribution is 2.48. The molecule has 2 N–H and O–H groups in total. The van der Waals surface area contributed by atoms with Crippen LogP contribution in [0.3, 0.4) is 0 Å². The van der Waals surface area contributed by atoms with E-state index in [0.29, 0.717) is 40.8 Å². The fraction of sp³-hybridized carbons (Fsp3) is 0.316. The lowest BCUT2D eigenvalue weighted by atomic mass is 9.78. The van der Waals surface area contributed by atoms with Crippen molar-refractivity contribution in [3.63, 3.8) is 0 Å². The molecule has 2 atom stereocenters. The van der Waals surface area contributed by atoms with E-state index in [9.17, 15) is 5.26 Å². The van der Waals surface area contributed by atoms with Gasteiger partial charge in [0.2, 0.25) is 5.96 Å². The van der Waals surface area contributed by atoms with Gasteiger partial charge in [-0.2, -0.15) is 5.26 Å². The Morgan fingerprint density at radius 2 is 2.18 bits per heavy atom. The Kier molecular flexibility index (Phi) is 4.77. The van der Waals surface area contributed by atoms with E-state index in [1.165, 1.54) is 4.90 Å². The minimum absolute atomic E-state index is 0.0826. The van der Waals surface area contributed by atoms with E-state index in [1.54, 1.807) is 14.2 Å². The van der Waals surface area contributed by atoms with Crippen LogP contribution in [-0.4, -0.2) is 36.2 Å². The second-order valence-corrected chi connectivity index (χ2v) is 7.87. The molecule has 7 nitrogen and oxygen atoms in total. The normalized spacial score (nSPS) is 23.2. The number of nitrogens with two attached hydrogens (primary N) is 1. The molecular weight excluding hydrogens is 444 g/mol. The lowest BCUT2D eigenvalue weighted by molar-refractivity contribution is 0.332. The summed E-state index contributed by atoms with van der Waals surface area (Å²) in [7, 11) is 3.18. The predicted octanol–water partition coefficient (Wildman–Crippen LogP) is 3.32. The van der Waals surface area contributed by atoms with Crippen molar-refractivity contribution in [2.75, 3.05) is 14.2 Å². The first-order valence-electron chi connectivity index (χ1n) is 8.57. The third-order valence-corrected chi connectivity index (χ3v) is 5.95. The van der Waals surface area contributed by atoms with Crippen LogP contribution in [0.2, 0.25) is 0 Å². The number of benzene rings is 1. The van der Waals surface area contributed by atoms with Crippen LogP contribution in [0.4, 0.5) is 0 Å². The summed E-state index contributed by atoms with van der Waals surface area (Å²) in [4.78, 5) is 5.87. The number of allylic oxidation sites excluding steroid dienone is 1. The topological polar surface area (TPSA) is 93.1 Å². The highest BCUT2D eigenvalue weighted by Gasteiger charge is 2.46. The average Bonchev–Trinajstić information content (AvgIpc) is 3.03. The van der Waals surface area contributed by atoms with Crippen molar-refractivity contribution >= 4 is 39.2 Å². The van der Waals surface area contributed by atoms with Crippen molar-refractivity contribution < 1.29 is 14.2 Å². The summed E-state index contributed by atoms with van der Waals surface area (Å²) in [6.45, 7) is 0. The third kappa shape index (κ3) is 2.84. The van der Waals surface area contributed by atoms with Crippen molar-refractivity contribution in [2.24, 2.45) is 10.7 Å². The maximum atomic E-state index is 9.68. The average molecular weight is 461 g/mol. The van der Waals surface area contributed by atoms with Gasteiger partial charge >= 0.3 is 0 Å². The molecule has 0 amide bonds. The van der Waals surface area contributed by atoms with Crippen LogP contribution in [0, 0.1) is 11.5 Å². The van der Waals surface area contributed by atoms with Crippen molar-refractivity contribution in [1.82, 2.24) is 4.90 Å². The molecule has 3 aliphatic rings. The highest BCUT2D eigenvalue weighted by molar-refractivity contribution is 9.10. The van der Waals surface area contributed by atoms with Crippen LogP contribution in [0.15, 0.2) is 44.7 Å². The molecule has 0 saturated carbocycles. The van der Waals surface area contributed by atoms with Gasteiger partial charge in [0.15, 0.2) is 28.5 Å². The largest absolute Gasteiger partial charge is 0.493 e. The minimum Gasteiger partial charge on any atom is -0.493 e. The molecule has 0 aromatic heterocycles. The van der Waals surface area contributed by atoms with Gasteiger partial charge in [-0.25, -0.2) is 9.89 Å². The van der Waals surface area contributed by atoms with Crippen molar-refractivity contribution in [3.05, 3.63) is 45.3 Å². The van der Waals surface area contributed by atoms with Crippen LogP contribution < -0.4 is 15.2 Å². The van der Waals surface area contributed by atoms with E-state index in [1.807, 2.05) is 12.1 Å². The second kappa shape index (κ2) is 7.11. The van der Waals surface area contributed by atoms with E-state index < -0.39 is 0 Å². The number of ether oxygens (including phenoxy) is 3. The maximum Gasteiger partial charge on any atom is 0.210 e. The zero-order valence-corrected chi connectivity index (χ0v) is 17.6. The molecule has 1 aromatic carbocycles. The Morgan fingerprint density at radius 3 is 2.86 bits per heavy atom. The van der Waals surface area contributed by atoms with Gasteiger partial charge in [-0.1, -0.05) is 6.08 Å². The van der Waals surface area contributed by atoms with Gasteiger partial charge < -0.3 is 19.9 Å². The molecule has 0 fully saturated rings. The number of fused-ring (bicyclic) bond motifs is 2. The number of nitriles is 1. The molecule has 2 unspecified atom stereocenters. The Morgan fingerprint density at radius 1 is 1.39 bits per heavy atom. The molecular formula is C19H17BrN4O3S. The van der Waals surface area contributed by atoms with E-state index in [0.717, 1.165) is 15.6 Å². The Balaban J connectivity index is 1.87. The Labute approximate surface area is 176 Å². The molecule has 0 saturated heterocycles. The van der Waals surface area contributed by atoms with Crippen molar-refractivity contribution in [3.8, 4) is 17.7 Å². The molecule has 1 aromatic rings. The fourth-order valence-electron chi connectivity index (χ4n) is 3.89. The molecule has 0 radical (unpaired) electrons. The van der Waals surface area contributed by atoms with Crippen LogP contribution in [0.1, 0.15) is 24.3 Å². The van der Waals surface area contributed by atoms with Gasteiger partial charge in [-0.3, -0.25) is 0 Å². The van der Waals surface area contributed by atoms with Gasteiger partial charge in [-0.05, 0) is 57.8 Å². The predicted molar refractivity (Wildman–Crippen MR) is 111 cm³/mol. The number of rotatable bonds is 3. The SMILES string of the molecule is COc1cc(C2CC3=CCC(=S)OC3=C3N=C(N)N(C#N)C32)cc(Br)c1OC. The third-order valence-electron chi connectivity index (χ3n) is 5.11. The molecule has 1 aliphatic carbocycles. The van der Waals surface area contributed by atoms with E-state index in [-0.39, 0.29) is 17.9 Å². The number of halogens is 1. The number of aliphatic imine (C=N–C) groups is 1. The van der Waals surface area contributed by atoms with Crippen molar-refractivity contribution in [1.29, 1.82) is 5.26 Å². The van der Waals surface area contributed by atoms with Gasteiger partial charge in [-0.15, -0.1) is 0 Å². The highest BCUT2D eigenvalue weighted by atomic mass is 79.9. The lowest BCUT2D eigenvalue weighted by Crippen LogP contribution is -2.42. The van der Waals surface area contributed by atoms with Crippen LogP contribution in [0.5, 0.6) is 11.5 Å². The van der Waals surface area contributed by atoms with Crippen LogP contribution in [-0.2, 0) is 4.74 Å². The molecule has 0 bridgehead atoms. The lowest BCUT2D eigenvalue weighted by Gasteiger charge is -2.36. The molecule has 2 aliphatic heterocycles. The second-order valence-electron chi connectivity index (χ2n) is 6.56. The van der Waals surface area contributed by atoms with Gasteiger partial charge in [0.05, 0.1) is 18.7 Å². The van der Waals surface area contributed by atoms with Crippen LogP contribution in [0.25, 0.3) is 0 Å². The summed E-state index contributed by atoms with van der Waals surface area (Å²) in [5.41, 5.74) is 8.67. The summed E-state index contributed by atoms with van der Waals surface area (Å²) < 4.78 is 17.5. The van der Waals surface area contributed by atoms with Gasteiger partial charge in [0.25, 0.3) is 0 Å². The molecule has 2 heterocycles. The van der Waals surface area contributed by atoms with E-state index in [2.05, 4.69) is 33.2 Å². The first kappa shape index (κ1) is 18.8. The molecule has 9 heteroatoms. The summed E-state index contributed by atoms with van der Waals surface area (Å²) in [5, 5.41) is 10.2. The summed E-state index contributed by atoms with van der Waals surface area (Å²) >= 11 is 8.78. The quantitative estimate of drug-likeness (QED) is 0.545. The molecule has 144 valence electrons. The number of hydrogen-bond donors (Lipinski definition) is 1. The minimum atomic E-state index is -0.372. The maximum absolute atomic E-state index is 9.68. The molecule has 28 heavy (non-hydrogen) atoms. The standard InChI is InChI=1S/C19H17BrN4O3S/c1-25-13-7-10(6-12(20)18(13)26-2)11-5-9-3-4-14(28)27-17(9)15-16(11)24(8-21)19(22)23-15/h3,6-7,11,16H,4-5H2,1-2H3,(H2,22,23). The number of hydrogen-bond acceptors (Lipinski definition) is 8. The van der Waals surface area contributed by atoms with Gasteiger partial charge in [0, 0.05) is 12.3 Å². The Hall–Kier alpha value is -2.57. The fourth-order valence-corrected chi connectivity index (χ4v) is 4.68. The van der Waals surface area contributed by atoms with E-state index in [4.69, 9.17) is 32.2 Å². The monoisotopic (exact) mass is 460 g/mol. The van der Waals surface area contributed by atoms with E-state index >= 15 is 0 Å². The number of methoxy groups -OCH3 is 2.